The summed E-state index contributed by atoms with van der Waals surface area (Å²) in [6.45, 7) is 4.28. The van der Waals surface area contributed by atoms with Crippen molar-refractivity contribution in [1.29, 1.82) is 0 Å². The van der Waals surface area contributed by atoms with Gasteiger partial charge >= 0.3 is 0 Å². The first-order valence-electron chi connectivity index (χ1n) is 5.20. The molecule has 0 aliphatic heterocycles. The summed E-state index contributed by atoms with van der Waals surface area (Å²) in [4.78, 5) is 0. The van der Waals surface area contributed by atoms with Gasteiger partial charge in [0.1, 0.15) is 0 Å². The van der Waals surface area contributed by atoms with E-state index in [0.29, 0.717) is 12.1 Å². The van der Waals surface area contributed by atoms with Crippen LogP contribution in [-0.2, 0) is 0 Å². The van der Waals surface area contributed by atoms with Crippen LogP contribution in [0.5, 0.6) is 0 Å². The highest BCUT2D eigenvalue weighted by Crippen LogP contribution is 2.41. The van der Waals surface area contributed by atoms with Gasteiger partial charge in [-0.05, 0) is 19.3 Å². The van der Waals surface area contributed by atoms with E-state index in [-0.39, 0.29) is 11.5 Å². The Morgan fingerprint density at radius 2 is 1.92 bits per heavy atom. The average Bonchev–Trinajstić information content (AvgIpc) is 2.56. The summed E-state index contributed by atoms with van der Waals surface area (Å²) < 4.78 is 0. The fourth-order valence-corrected chi connectivity index (χ4v) is 2.22. The van der Waals surface area contributed by atoms with Crippen LogP contribution in [0.2, 0.25) is 0 Å². The second-order valence-corrected chi connectivity index (χ2v) is 4.93. The zero-order valence-electron chi connectivity index (χ0n) is 8.46. The SMILES string of the molecule is CC1(C)C(O)CC1NC1CC=CC1. The van der Waals surface area contributed by atoms with Gasteiger partial charge in [-0.25, -0.2) is 0 Å². The molecule has 2 nitrogen and oxygen atoms in total. The van der Waals surface area contributed by atoms with Crippen molar-refractivity contribution < 1.29 is 5.11 Å². The molecule has 0 spiro atoms. The van der Waals surface area contributed by atoms with Crippen LogP contribution in [0.15, 0.2) is 12.2 Å². The van der Waals surface area contributed by atoms with Gasteiger partial charge in [-0.2, -0.15) is 0 Å². The predicted molar refractivity (Wildman–Crippen MR) is 53.5 cm³/mol. The number of hydrogen-bond donors (Lipinski definition) is 2. The van der Waals surface area contributed by atoms with Crippen LogP contribution in [0.25, 0.3) is 0 Å². The summed E-state index contributed by atoms with van der Waals surface area (Å²) in [6.07, 6.45) is 7.59. The predicted octanol–water partition coefficient (Wildman–Crippen LogP) is 1.45. The van der Waals surface area contributed by atoms with Crippen LogP contribution in [-0.4, -0.2) is 23.3 Å². The molecule has 2 unspecified atom stereocenters. The highest BCUT2D eigenvalue weighted by atomic mass is 16.3. The molecule has 0 aromatic carbocycles. The Balaban J connectivity index is 1.83. The van der Waals surface area contributed by atoms with Gasteiger partial charge < -0.3 is 10.4 Å². The molecule has 0 bridgehead atoms. The third-order valence-electron chi connectivity index (χ3n) is 3.66. The van der Waals surface area contributed by atoms with Gasteiger partial charge in [0.15, 0.2) is 0 Å². The number of aliphatic hydroxyl groups is 1. The van der Waals surface area contributed by atoms with Crippen LogP contribution >= 0.6 is 0 Å². The Morgan fingerprint density at radius 1 is 1.31 bits per heavy atom. The lowest BCUT2D eigenvalue weighted by atomic mass is 9.64. The molecule has 2 heteroatoms. The van der Waals surface area contributed by atoms with E-state index >= 15 is 0 Å². The van der Waals surface area contributed by atoms with Gasteiger partial charge in [0.25, 0.3) is 0 Å². The van der Waals surface area contributed by atoms with E-state index in [2.05, 4.69) is 31.3 Å². The van der Waals surface area contributed by atoms with E-state index in [1.54, 1.807) is 0 Å². The molecule has 2 atom stereocenters. The van der Waals surface area contributed by atoms with Gasteiger partial charge in [0.2, 0.25) is 0 Å². The molecule has 74 valence electrons. The smallest absolute Gasteiger partial charge is 0.0621 e. The quantitative estimate of drug-likeness (QED) is 0.632. The summed E-state index contributed by atoms with van der Waals surface area (Å²) >= 11 is 0. The molecule has 1 fully saturated rings. The standard InChI is InChI=1S/C11H19NO/c1-11(2)9(7-10(11)13)12-8-5-3-4-6-8/h3-4,8-10,12-13H,5-7H2,1-2H3. The molecule has 0 aromatic rings. The summed E-state index contributed by atoms with van der Waals surface area (Å²) in [7, 11) is 0. The third-order valence-corrected chi connectivity index (χ3v) is 3.66. The van der Waals surface area contributed by atoms with E-state index in [1.165, 1.54) is 0 Å². The molecule has 2 aliphatic carbocycles. The first kappa shape index (κ1) is 9.22. The molecule has 0 saturated heterocycles. The zero-order chi connectivity index (χ0) is 9.47. The lowest BCUT2D eigenvalue weighted by molar-refractivity contribution is -0.0754. The molecule has 0 radical (unpaired) electrons. The van der Waals surface area contributed by atoms with Crippen molar-refractivity contribution in [2.24, 2.45) is 5.41 Å². The van der Waals surface area contributed by atoms with Crippen LogP contribution in [0.1, 0.15) is 33.1 Å². The molecular formula is C11H19NO. The van der Waals surface area contributed by atoms with Gasteiger partial charge in [-0.15, -0.1) is 0 Å². The Hall–Kier alpha value is -0.340. The van der Waals surface area contributed by atoms with E-state index in [4.69, 9.17) is 0 Å². The molecule has 13 heavy (non-hydrogen) atoms. The number of nitrogens with one attached hydrogen (secondary N) is 1. The maximum atomic E-state index is 9.56. The molecular weight excluding hydrogens is 162 g/mol. The second-order valence-electron chi connectivity index (χ2n) is 4.93. The Bertz CT molecular complexity index is 214. The third kappa shape index (κ3) is 1.53. The van der Waals surface area contributed by atoms with Gasteiger partial charge in [0, 0.05) is 17.5 Å². The normalized spacial score (nSPS) is 37.8. The lowest BCUT2D eigenvalue weighted by Gasteiger charge is -2.50. The highest BCUT2D eigenvalue weighted by molar-refractivity contribution is 5.06. The summed E-state index contributed by atoms with van der Waals surface area (Å²) in [5, 5.41) is 13.2. The Morgan fingerprint density at radius 3 is 2.38 bits per heavy atom. The minimum Gasteiger partial charge on any atom is -0.392 e. The molecule has 2 aliphatic rings. The summed E-state index contributed by atoms with van der Waals surface area (Å²) in [5.41, 5.74) is 0.0720. The maximum absolute atomic E-state index is 9.56. The van der Waals surface area contributed by atoms with Crippen LogP contribution in [0.4, 0.5) is 0 Å². The van der Waals surface area contributed by atoms with Crippen molar-refractivity contribution in [3.8, 4) is 0 Å². The molecule has 0 heterocycles. The fourth-order valence-electron chi connectivity index (χ4n) is 2.22. The number of hydrogen-bond acceptors (Lipinski definition) is 2. The maximum Gasteiger partial charge on any atom is 0.0621 e. The Labute approximate surface area is 80.0 Å². The molecule has 0 aromatic heterocycles. The van der Waals surface area contributed by atoms with Gasteiger partial charge in [-0.1, -0.05) is 26.0 Å². The van der Waals surface area contributed by atoms with E-state index in [1.807, 2.05) is 0 Å². The van der Waals surface area contributed by atoms with E-state index in [0.717, 1.165) is 19.3 Å². The summed E-state index contributed by atoms with van der Waals surface area (Å²) in [5.74, 6) is 0. The summed E-state index contributed by atoms with van der Waals surface area (Å²) in [6, 6.07) is 1.13. The Kier molecular flexibility index (Phi) is 2.20. The number of aliphatic hydroxyl groups excluding tert-OH is 1. The first-order chi connectivity index (χ1) is 6.10. The molecule has 2 rings (SSSR count). The van der Waals surface area contributed by atoms with Crippen molar-refractivity contribution in [3.63, 3.8) is 0 Å². The van der Waals surface area contributed by atoms with Crippen LogP contribution in [0, 0.1) is 5.41 Å². The molecule has 1 saturated carbocycles. The fraction of sp³-hybridized carbons (Fsp3) is 0.818. The van der Waals surface area contributed by atoms with Crippen molar-refractivity contribution in [1.82, 2.24) is 5.32 Å². The lowest BCUT2D eigenvalue weighted by Crippen LogP contribution is -2.61. The first-order valence-corrected chi connectivity index (χ1v) is 5.20. The zero-order valence-corrected chi connectivity index (χ0v) is 8.46. The van der Waals surface area contributed by atoms with E-state index in [9.17, 15) is 5.11 Å². The van der Waals surface area contributed by atoms with Gasteiger partial charge in [0.05, 0.1) is 6.10 Å². The van der Waals surface area contributed by atoms with Crippen molar-refractivity contribution in [2.75, 3.05) is 0 Å². The molecule has 0 amide bonds. The largest absolute Gasteiger partial charge is 0.392 e. The van der Waals surface area contributed by atoms with Crippen molar-refractivity contribution in [2.45, 2.75) is 51.3 Å². The van der Waals surface area contributed by atoms with Crippen molar-refractivity contribution >= 4 is 0 Å². The monoisotopic (exact) mass is 181 g/mol. The van der Waals surface area contributed by atoms with Crippen molar-refractivity contribution in [3.05, 3.63) is 12.2 Å². The molecule has 2 N–H and O–H groups in total. The minimum atomic E-state index is -0.112. The minimum absolute atomic E-state index is 0.0720. The highest BCUT2D eigenvalue weighted by Gasteiger charge is 2.47. The van der Waals surface area contributed by atoms with Gasteiger partial charge in [-0.3, -0.25) is 0 Å². The second kappa shape index (κ2) is 3.10. The van der Waals surface area contributed by atoms with Crippen LogP contribution < -0.4 is 5.32 Å². The topological polar surface area (TPSA) is 32.3 Å². The van der Waals surface area contributed by atoms with E-state index < -0.39 is 0 Å². The van der Waals surface area contributed by atoms with Crippen LogP contribution in [0.3, 0.4) is 0 Å². The number of rotatable bonds is 2. The average molecular weight is 181 g/mol.